The number of hydrogen-bond acceptors (Lipinski definition) is 4. The molecule has 1 aromatic rings. The topological polar surface area (TPSA) is 67.5 Å². The fourth-order valence-electron chi connectivity index (χ4n) is 3.45. The van der Waals surface area contributed by atoms with E-state index >= 15 is 0 Å². The smallest absolute Gasteiger partial charge is 0.269 e. The van der Waals surface area contributed by atoms with Crippen molar-refractivity contribution in [2.45, 2.75) is 110 Å². The minimum atomic E-state index is -0.399. The highest BCUT2D eigenvalue weighted by atomic mass is 16.6. The fourth-order valence-corrected chi connectivity index (χ4v) is 3.45. The van der Waals surface area contributed by atoms with Crippen molar-refractivity contribution in [2.24, 2.45) is 5.10 Å². The lowest BCUT2D eigenvalue weighted by molar-refractivity contribution is -0.384. The van der Waals surface area contributed by atoms with Gasteiger partial charge in [-0.05, 0) is 25.0 Å². The summed E-state index contributed by atoms with van der Waals surface area (Å²) in [4.78, 5) is 10.2. The molecule has 0 saturated carbocycles. The van der Waals surface area contributed by atoms with Gasteiger partial charge in [-0.3, -0.25) is 15.5 Å². The molecule has 1 aromatic carbocycles. The second kappa shape index (κ2) is 18.1. The molecule has 0 radical (unpaired) electrons. The van der Waals surface area contributed by atoms with Gasteiger partial charge in [-0.15, -0.1) is 0 Å². The van der Waals surface area contributed by atoms with Gasteiger partial charge in [0.2, 0.25) is 0 Å². The number of nitrogens with zero attached hydrogens (tertiary/aromatic N) is 2. The third-order valence-corrected chi connectivity index (χ3v) is 5.30. The van der Waals surface area contributed by atoms with Gasteiger partial charge in [-0.25, -0.2) is 0 Å². The van der Waals surface area contributed by atoms with E-state index < -0.39 is 4.92 Å². The van der Waals surface area contributed by atoms with Gasteiger partial charge in [-0.1, -0.05) is 96.8 Å². The van der Waals surface area contributed by atoms with Crippen molar-refractivity contribution in [1.29, 1.82) is 0 Å². The number of unbranched alkanes of at least 4 members (excludes halogenated alkanes) is 15. The van der Waals surface area contributed by atoms with Crippen LogP contribution in [0, 0.1) is 10.1 Å². The van der Waals surface area contributed by atoms with Gasteiger partial charge in [0.25, 0.3) is 5.69 Å². The quantitative estimate of drug-likeness (QED) is 0.109. The second-order valence-electron chi connectivity index (χ2n) is 7.97. The van der Waals surface area contributed by atoms with Crippen molar-refractivity contribution in [1.82, 2.24) is 0 Å². The Morgan fingerprint density at radius 3 is 1.69 bits per heavy atom. The molecule has 0 aliphatic rings. The predicted molar refractivity (Wildman–Crippen MR) is 125 cm³/mol. The summed E-state index contributed by atoms with van der Waals surface area (Å²) in [7, 11) is 0. The van der Waals surface area contributed by atoms with E-state index in [0.717, 1.165) is 12.1 Å². The van der Waals surface area contributed by atoms with Crippen LogP contribution in [0.5, 0.6) is 0 Å². The van der Waals surface area contributed by atoms with Crippen LogP contribution in [0.3, 0.4) is 0 Å². The first-order valence-electron chi connectivity index (χ1n) is 11.8. The molecule has 164 valence electrons. The third kappa shape index (κ3) is 14.7. The third-order valence-electron chi connectivity index (χ3n) is 5.30. The lowest BCUT2D eigenvalue weighted by Crippen LogP contribution is -1.91. The summed E-state index contributed by atoms with van der Waals surface area (Å²) >= 11 is 0. The van der Waals surface area contributed by atoms with Gasteiger partial charge in [0.15, 0.2) is 0 Å². The normalized spacial score (nSPS) is 11.2. The molecule has 29 heavy (non-hydrogen) atoms. The summed E-state index contributed by atoms with van der Waals surface area (Å²) in [6, 6.07) is 6.30. The summed E-state index contributed by atoms with van der Waals surface area (Å²) in [6.45, 7) is 2.28. The molecule has 0 amide bonds. The van der Waals surface area contributed by atoms with Crippen molar-refractivity contribution >= 4 is 17.6 Å². The molecule has 5 heteroatoms. The van der Waals surface area contributed by atoms with Gasteiger partial charge in [0, 0.05) is 18.3 Å². The highest BCUT2D eigenvalue weighted by molar-refractivity contribution is 5.59. The van der Waals surface area contributed by atoms with E-state index in [9.17, 15) is 10.1 Å². The number of nitro groups is 1. The van der Waals surface area contributed by atoms with E-state index in [4.69, 9.17) is 0 Å². The van der Waals surface area contributed by atoms with E-state index in [-0.39, 0.29) is 5.69 Å². The van der Waals surface area contributed by atoms with Crippen molar-refractivity contribution in [3.05, 3.63) is 34.4 Å². The maximum atomic E-state index is 10.6. The monoisotopic (exact) mass is 403 g/mol. The van der Waals surface area contributed by atoms with E-state index in [1.165, 1.54) is 108 Å². The van der Waals surface area contributed by atoms with Crippen LogP contribution in [0.25, 0.3) is 0 Å². The summed E-state index contributed by atoms with van der Waals surface area (Å²) in [5, 5.41) is 14.8. The van der Waals surface area contributed by atoms with Crippen LogP contribution in [-0.2, 0) is 0 Å². The van der Waals surface area contributed by atoms with Crippen molar-refractivity contribution in [3.63, 3.8) is 0 Å². The molecule has 0 aliphatic carbocycles. The molecule has 0 fully saturated rings. The van der Waals surface area contributed by atoms with Crippen LogP contribution in [0.1, 0.15) is 110 Å². The summed E-state index contributed by atoms with van der Waals surface area (Å²) < 4.78 is 0. The number of hydrogen-bond donors (Lipinski definition) is 1. The molecule has 0 atom stereocenters. The first-order chi connectivity index (χ1) is 14.2. The van der Waals surface area contributed by atoms with Crippen molar-refractivity contribution in [2.75, 3.05) is 5.43 Å². The molecular weight excluding hydrogens is 362 g/mol. The van der Waals surface area contributed by atoms with Crippen LogP contribution < -0.4 is 5.43 Å². The second-order valence-corrected chi connectivity index (χ2v) is 7.97. The van der Waals surface area contributed by atoms with Crippen LogP contribution in [0.2, 0.25) is 0 Å². The van der Waals surface area contributed by atoms with Crippen molar-refractivity contribution < 1.29 is 4.92 Å². The SMILES string of the molecule is CCCCCCCCCCCCCCCCCC=NNc1ccc([N+](=O)[O-])cc1. The van der Waals surface area contributed by atoms with E-state index in [1.807, 2.05) is 6.21 Å². The van der Waals surface area contributed by atoms with Gasteiger partial charge in [0.1, 0.15) is 0 Å². The number of non-ortho nitro benzene ring substituents is 1. The zero-order valence-electron chi connectivity index (χ0n) is 18.4. The first kappa shape index (κ1) is 25.1. The van der Waals surface area contributed by atoms with Crippen LogP contribution >= 0.6 is 0 Å². The Morgan fingerprint density at radius 1 is 0.793 bits per heavy atom. The molecule has 0 aromatic heterocycles. The number of nitro benzene ring substituents is 1. The Hall–Kier alpha value is -1.91. The Morgan fingerprint density at radius 2 is 1.24 bits per heavy atom. The summed E-state index contributed by atoms with van der Waals surface area (Å²) in [6.07, 6.45) is 23.5. The number of nitrogens with one attached hydrogen (secondary N) is 1. The average molecular weight is 404 g/mol. The first-order valence-corrected chi connectivity index (χ1v) is 11.8. The maximum absolute atomic E-state index is 10.6. The lowest BCUT2D eigenvalue weighted by atomic mass is 10.0. The minimum Gasteiger partial charge on any atom is -0.279 e. The van der Waals surface area contributed by atoms with E-state index in [1.54, 1.807) is 12.1 Å². The molecule has 0 aliphatic heterocycles. The standard InChI is InChI=1S/C24H41N3O2/c1-2-3-4-5-6-7-8-9-10-11-12-13-14-15-16-17-22-25-26-23-18-20-24(21-19-23)27(28)29/h18-22,26H,2-17H2,1H3. The van der Waals surface area contributed by atoms with Gasteiger partial charge < -0.3 is 0 Å². The maximum Gasteiger partial charge on any atom is 0.269 e. The highest BCUT2D eigenvalue weighted by Gasteiger charge is 2.02. The molecule has 0 saturated heterocycles. The van der Waals surface area contributed by atoms with E-state index in [0.29, 0.717) is 0 Å². The zero-order chi connectivity index (χ0) is 21.0. The molecule has 0 bridgehead atoms. The molecule has 0 heterocycles. The number of anilines is 1. The highest BCUT2D eigenvalue weighted by Crippen LogP contribution is 2.15. The molecule has 1 N–H and O–H groups in total. The number of rotatable bonds is 19. The molecular formula is C24H41N3O2. The van der Waals surface area contributed by atoms with Crippen molar-refractivity contribution in [3.8, 4) is 0 Å². The predicted octanol–water partition coefficient (Wildman–Crippen LogP) is 8.25. The number of hydrazone groups is 1. The Bertz CT molecular complexity index is 544. The van der Waals surface area contributed by atoms with Crippen LogP contribution in [0.15, 0.2) is 29.4 Å². The number of benzene rings is 1. The fraction of sp³-hybridized carbons (Fsp3) is 0.708. The van der Waals surface area contributed by atoms with Gasteiger partial charge in [0.05, 0.1) is 10.6 Å². The zero-order valence-corrected chi connectivity index (χ0v) is 18.4. The Balaban J connectivity index is 1.83. The lowest BCUT2D eigenvalue weighted by Gasteiger charge is -2.03. The largest absolute Gasteiger partial charge is 0.279 e. The molecule has 1 rings (SSSR count). The Kier molecular flexibility index (Phi) is 15.7. The van der Waals surface area contributed by atoms with Gasteiger partial charge >= 0.3 is 0 Å². The minimum absolute atomic E-state index is 0.0948. The summed E-state index contributed by atoms with van der Waals surface area (Å²) in [5.74, 6) is 0. The van der Waals surface area contributed by atoms with Gasteiger partial charge in [-0.2, -0.15) is 5.10 Å². The van der Waals surface area contributed by atoms with Crippen LogP contribution in [0.4, 0.5) is 11.4 Å². The molecule has 5 nitrogen and oxygen atoms in total. The van der Waals surface area contributed by atoms with Crippen LogP contribution in [-0.4, -0.2) is 11.1 Å². The van der Waals surface area contributed by atoms with E-state index in [2.05, 4.69) is 17.5 Å². The average Bonchev–Trinajstić information content (AvgIpc) is 2.73. The molecule has 0 unspecified atom stereocenters. The molecule has 0 spiro atoms. The summed E-state index contributed by atoms with van der Waals surface area (Å²) in [5.41, 5.74) is 3.77. The Labute approximate surface area is 177 Å².